The fourth-order valence-corrected chi connectivity index (χ4v) is 2.66. The minimum atomic E-state index is -0.388. The lowest BCUT2D eigenvalue weighted by molar-refractivity contribution is 0.102. The summed E-state index contributed by atoms with van der Waals surface area (Å²) in [6, 6.07) is 9.38. The Morgan fingerprint density at radius 1 is 1.32 bits per heavy atom. The number of hydrogen-bond acceptors (Lipinski definition) is 4. The second-order valence-corrected chi connectivity index (χ2v) is 5.27. The van der Waals surface area contributed by atoms with E-state index in [0.717, 1.165) is 0 Å². The van der Waals surface area contributed by atoms with Crippen molar-refractivity contribution in [3.63, 3.8) is 0 Å². The number of carbonyl (C=O) groups is 1. The first-order chi connectivity index (χ1) is 10.7. The standard InChI is InChI=1S/C15H9FN4OS/c16-11-1-3-12(4-2-11)20-9-18-8-13(20)14(21)19-15-10(7-17)5-6-22-15/h1-6,8-9H,(H,19,21). The lowest BCUT2D eigenvalue weighted by atomic mass is 10.3. The number of anilines is 1. The number of carbonyl (C=O) groups excluding carboxylic acids is 1. The summed E-state index contributed by atoms with van der Waals surface area (Å²) < 4.78 is 14.5. The van der Waals surface area contributed by atoms with Gasteiger partial charge in [0.2, 0.25) is 0 Å². The van der Waals surface area contributed by atoms with Gasteiger partial charge in [0.1, 0.15) is 22.6 Å². The summed E-state index contributed by atoms with van der Waals surface area (Å²) in [6.07, 6.45) is 2.89. The molecule has 0 aliphatic carbocycles. The van der Waals surface area contributed by atoms with Crippen molar-refractivity contribution in [2.45, 2.75) is 0 Å². The maximum Gasteiger partial charge on any atom is 0.274 e. The molecule has 0 aliphatic rings. The van der Waals surface area contributed by atoms with Crippen LogP contribution in [-0.4, -0.2) is 15.5 Å². The highest BCUT2D eigenvalue weighted by Crippen LogP contribution is 2.23. The van der Waals surface area contributed by atoms with Crippen LogP contribution in [0.2, 0.25) is 0 Å². The Morgan fingerprint density at radius 3 is 2.82 bits per heavy atom. The molecule has 7 heteroatoms. The van der Waals surface area contributed by atoms with Crippen molar-refractivity contribution < 1.29 is 9.18 Å². The summed E-state index contributed by atoms with van der Waals surface area (Å²) >= 11 is 1.27. The van der Waals surface area contributed by atoms with Gasteiger partial charge in [0, 0.05) is 5.69 Å². The summed E-state index contributed by atoms with van der Waals surface area (Å²) in [7, 11) is 0. The van der Waals surface area contributed by atoms with E-state index in [4.69, 9.17) is 5.26 Å². The minimum Gasteiger partial charge on any atom is -0.311 e. The monoisotopic (exact) mass is 312 g/mol. The number of thiophene rings is 1. The van der Waals surface area contributed by atoms with E-state index < -0.39 is 0 Å². The molecular weight excluding hydrogens is 303 g/mol. The van der Waals surface area contributed by atoms with Gasteiger partial charge in [-0.15, -0.1) is 11.3 Å². The first-order valence-corrected chi connectivity index (χ1v) is 7.14. The Kier molecular flexibility index (Phi) is 3.68. The van der Waals surface area contributed by atoms with Gasteiger partial charge in [-0.05, 0) is 35.7 Å². The van der Waals surface area contributed by atoms with Crippen molar-refractivity contribution in [3.05, 3.63) is 65.3 Å². The molecule has 0 aliphatic heterocycles. The molecule has 0 fully saturated rings. The molecule has 0 bridgehead atoms. The van der Waals surface area contributed by atoms with Crippen LogP contribution in [0.4, 0.5) is 9.39 Å². The number of amides is 1. The van der Waals surface area contributed by atoms with Crippen molar-refractivity contribution in [1.82, 2.24) is 9.55 Å². The van der Waals surface area contributed by atoms with Crippen LogP contribution in [0, 0.1) is 17.1 Å². The largest absolute Gasteiger partial charge is 0.311 e. The van der Waals surface area contributed by atoms with Gasteiger partial charge >= 0.3 is 0 Å². The number of rotatable bonds is 3. The normalized spacial score (nSPS) is 10.2. The van der Waals surface area contributed by atoms with E-state index in [-0.39, 0.29) is 11.7 Å². The average Bonchev–Trinajstić information content (AvgIpc) is 3.16. The van der Waals surface area contributed by atoms with Gasteiger partial charge in [0.15, 0.2) is 0 Å². The molecule has 1 amide bonds. The number of nitrogens with one attached hydrogen (secondary N) is 1. The van der Waals surface area contributed by atoms with E-state index >= 15 is 0 Å². The lowest BCUT2D eigenvalue weighted by Crippen LogP contribution is -2.15. The van der Waals surface area contributed by atoms with Crippen LogP contribution < -0.4 is 5.32 Å². The Balaban J connectivity index is 1.90. The van der Waals surface area contributed by atoms with Crippen LogP contribution in [0.25, 0.3) is 5.69 Å². The van der Waals surface area contributed by atoms with Crippen LogP contribution in [0.3, 0.4) is 0 Å². The molecule has 108 valence electrons. The minimum absolute atomic E-state index is 0.295. The molecule has 5 nitrogen and oxygen atoms in total. The average molecular weight is 312 g/mol. The third-order valence-corrected chi connectivity index (χ3v) is 3.82. The van der Waals surface area contributed by atoms with Crippen LogP contribution in [0.15, 0.2) is 48.2 Å². The third-order valence-electron chi connectivity index (χ3n) is 2.99. The quantitative estimate of drug-likeness (QED) is 0.807. The molecule has 0 saturated heterocycles. The molecule has 0 atom stereocenters. The van der Waals surface area contributed by atoms with Gasteiger partial charge in [-0.25, -0.2) is 9.37 Å². The molecule has 3 rings (SSSR count). The highest BCUT2D eigenvalue weighted by Gasteiger charge is 2.15. The third kappa shape index (κ3) is 2.60. The zero-order valence-electron chi connectivity index (χ0n) is 11.2. The Morgan fingerprint density at radius 2 is 2.09 bits per heavy atom. The zero-order chi connectivity index (χ0) is 15.5. The van der Waals surface area contributed by atoms with E-state index in [1.165, 1.54) is 36.0 Å². The van der Waals surface area contributed by atoms with Gasteiger partial charge in [-0.3, -0.25) is 9.36 Å². The van der Waals surface area contributed by atoms with E-state index in [2.05, 4.69) is 10.3 Å². The Hall–Kier alpha value is -2.98. The first-order valence-electron chi connectivity index (χ1n) is 6.26. The number of nitriles is 1. The molecule has 0 saturated carbocycles. The van der Waals surface area contributed by atoms with Gasteiger partial charge in [-0.2, -0.15) is 5.26 Å². The molecule has 1 N–H and O–H groups in total. The molecule has 22 heavy (non-hydrogen) atoms. The molecule has 2 aromatic heterocycles. The van der Waals surface area contributed by atoms with Gasteiger partial charge in [-0.1, -0.05) is 0 Å². The number of benzene rings is 1. The van der Waals surface area contributed by atoms with Crippen molar-refractivity contribution in [2.24, 2.45) is 0 Å². The van der Waals surface area contributed by atoms with Crippen LogP contribution in [-0.2, 0) is 0 Å². The molecule has 3 aromatic rings. The Bertz CT molecular complexity index is 860. The summed E-state index contributed by atoms with van der Waals surface area (Å²) in [5.74, 6) is -0.743. The second-order valence-electron chi connectivity index (χ2n) is 4.35. The lowest BCUT2D eigenvalue weighted by Gasteiger charge is -2.08. The predicted molar refractivity (Wildman–Crippen MR) is 80.5 cm³/mol. The fraction of sp³-hybridized carbons (Fsp3) is 0. The first kappa shape index (κ1) is 14.0. The predicted octanol–water partition coefficient (Wildman–Crippen LogP) is 3.20. The molecule has 0 radical (unpaired) electrons. The van der Waals surface area contributed by atoms with E-state index in [9.17, 15) is 9.18 Å². The summed E-state index contributed by atoms with van der Waals surface area (Å²) in [4.78, 5) is 16.3. The summed E-state index contributed by atoms with van der Waals surface area (Å²) in [5.41, 5.74) is 1.32. The van der Waals surface area contributed by atoms with Crippen molar-refractivity contribution in [1.29, 1.82) is 5.26 Å². The van der Waals surface area contributed by atoms with E-state index in [0.29, 0.717) is 21.9 Å². The topological polar surface area (TPSA) is 70.7 Å². The number of imidazole rings is 1. The van der Waals surface area contributed by atoms with E-state index in [1.807, 2.05) is 6.07 Å². The van der Waals surface area contributed by atoms with Crippen molar-refractivity contribution in [2.75, 3.05) is 5.32 Å². The second kappa shape index (κ2) is 5.79. The zero-order valence-corrected chi connectivity index (χ0v) is 12.0. The number of hydrogen-bond donors (Lipinski definition) is 1. The smallest absolute Gasteiger partial charge is 0.274 e. The SMILES string of the molecule is N#Cc1ccsc1NC(=O)c1cncn1-c1ccc(F)cc1. The number of halogens is 1. The van der Waals surface area contributed by atoms with Crippen LogP contribution in [0.1, 0.15) is 16.1 Å². The number of aromatic nitrogens is 2. The number of nitrogens with zero attached hydrogens (tertiary/aromatic N) is 3. The molecule has 0 unspecified atom stereocenters. The van der Waals surface area contributed by atoms with Crippen molar-refractivity contribution >= 4 is 22.2 Å². The Labute approximate surface area is 129 Å². The van der Waals surface area contributed by atoms with Gasteiger partial charge in [0.05, 0.1) is 18.1 Å². The highest BCUT2D eigenvalue weighted by molar-refractivity contribution is 7.14. The summed E-state index contributed by atoms with van der Waals surface area (Å²) in [5, 5.41) is 13.9. The van der Waals surface area contributed by atoms with Crippen molar-refractivity contribution in [3.8, 4) is 11.8 Å². The highest BCUT2D eigenvalue weighted by atomic mass is 32.1. The molecule has 1 aromatic carbocycles. The van der Waals surface area contributed by atoms with E-state index in [1.54, 1.807) is 28.1 Å². The molecular formula is C15H9FN4OS. The fourth-order valence-electron chi connectivity index (χ4n) is 1.93. The van der Waals surface area contributed by atoms with Crippen LogP contribution >= 0.6 is 11.3 Å². The maximum atomic E-state index is 13.0. The molecule has 2 heterocycles. The van der Waals surface area contributed by atoms with Gasteiger partial charge < -0.3 is 5.32 Å². The van der Waals surface area contributed by atoms with Gasteiger partial charge in [0.25, 0.3) is 5.91 Å². The molecule has 0 spiro atoms. The maximum absolute atomic E-state index is 13.0. The van der Waals surface area contributed by atoms with Crippen LogP contribution in [0.5, 0.6) is 0 Å². The summed E-state index contributed by atoms with van der Waals surface area (Å²) in [6.45, 7) is 0.